The number of para-hydroxylation sites is 1. The zero-order valence-electron chi connectivity index (χ0n) is 14.6. The van der Waals surface area contributed by atoms with Crippen molar-refractivity contribution in [1.82, 2.24) is 4.90 Å². The highest BCUT2D eigenvalue weighted by Gasteiger charge is 2.46. The number of aliphatic hydroxyl groups excluding tert-OH is 1. The maximum Gasteiger partial charge on any atom is 0.295 e. The van der Waals surface area contributed by atoms with E-state index in [9.17, 15) is 24.8 Å². The van der Waals surface area contributed by atoms with Gasteiger partial charge in [-0.15, -0.1) is 0 Å². The molecular formula is C19H16N2O6. The Morgan fingerprint density at radius 3 is 2.37 bits per heavy atom. The number of ketones is 1. The maximum absolute atomic E-state index is 12.5. The SMILES string of the molecule is COc1ccc(C(O)=C2C(=O)C(=O)N(C)[C@@H]2c2ccccc2[N+](=O)[O-])cc1. The Kier molecular flexibility index (Phi) is 4.64. The number of hydrogen-bond donors (Lipinski definition) is 1. The summed E-state index contributed by atoms with van der Waals surface area (Å²) in [5.74, 6) is -1.58. The number of rotatable bonds is 4. The normalized spacial score (nSPS) is 18.6. The van der Waals surface area contributed by atoms with Gasteiger partial charge in [-0.05, 0) is 30.3 Å². The molecule has 27 heavy (non-hydrogen) atoms. The molecule has 0 radical (unpaired) electrons. The lowest BCUT2D eigenvalue weighted by molar-refractivity contribution is -0.385. The molecule has 1 aliphatic rings. The molecule has 0 spiro atoms. The standard InChI is InChI=1S/C19H16N2O6/c1-20-16(13-5-3-4-6-14(13)21(25)26)15(18(23)19(20)24)17(22)11-7-9-12(27-2)10-8-11/h3-10,16,22H,1-2H3/t16-/m1/s1. The summed E-state index contributed by atoms with van der Waals surface area (Å²) in [4.78, 5) is 36.7. The number of carbonyl (C=O) groups excluding carboxylic acids is 2. The molecule has 2 aromatic carbocycles. The number of ether oxygens (including phenoxy) is 1. The first kappa shape index (κ1) is 18.1. The molecule has 1 fully saturated rings. The second-order valence-corrected chi connectivity index (χ2v) is 5.95. The maximum atomic E-state index is 12.5. The molecule has 0 aliphatic carbocycles. The lowest BCUT2D eigenvalue weighted by Gasteiger charge is -2.20. The van der Waals surface area contributed by atoms with Crippen molar-refractivity contribution in [3.63, 3.8) is 0 Å². The molecule has 2 aromatic rings. The van der Waals surface area contributed by atoms with Crippen LogP contribution in [0.1, 0.15) is 17.2 Å². The number of carbonyl (C=O) groups is 2. The lowest BCUT2D eigenvalue weighted by atomic mass is 9.94. The second-order valence-electron chi connectivity index (χ2n) is 5.95. The number of nitrogens with zero attached hydrogens (tertiary/aromatic N) is 2. The highest BCUT2D eigenvalue weighted by molar-refractivity contribution is 6.46. The van der Waals surface area contributed by atoms with Crippen LogP contribution in [0.3, 0.4) is 0 Å². The summed E-state index contributed by atoms with van der Waals surface area (Å²) in [5.41, 5.74) is 0.0175. The molecule has 138 valence electrons. The summed E-state index contributed by atoms with van der Waals surface area (Å²) in [5, 5.41) is 22.1. The molecular weight excluding hydrogens is 352 g/mol. The topological polar surface area (TPSA) is 110 Å². The van der Waals surface area contributed by atoms with Gasteiger partial charge in [-0.3, -0.25) is 19.7 Å². The molecule has 8 heteroatoms. The minimum Gasteiger partial charge on any atom is -0.507 e. The molecule has 1 amide bonds. The van der Waals surface area contributed by atoms with Crippen LogP contribution in [0.2, 0.25) is 0 Å². The van der Waals surface area contributed by atoms with Crippen LogP contribution < -0.4 is 4.74 Å². The Bertz CT molecular complexity index is 964. The Morgan fingerprint density at radius 2 is 1.78 bits per heavy atom. The fourth-order valence-corrected chi connectivity index (χ4v) is 3.10. The predicted molar refractivity (Wildman–Crippen MR) is 96.2 cm³/mol. The molecule has 1 aliphatic heterocycles. The average molecular weight is 368 g/mol. The van der Waals surface area contributed by atoms with Crippen molar-refractivity contribution in [1.29, 1.82) is 0 Å². The van der Waals surface area contributed by atoms with E-state index in [4.69, 9.17) is 4.74 Å². The van der Waals surface area contributed by atoms with E-state index in [1.165, 1.54) is 44.5 Å². The van der Waals surface area contributed by atoms with Crippen LogP contribution in [0.15, 0.2) is 54.1 Å². The van der Waals surface area contributed by atoms with Gasteiger partial charge in [0.15, 0.2) is 0 Å². The molecule has 1 N–H and O–H groups in total. The van der Waals surface area contributed by atoms with Gasteiger partial charge in [0.2, 0.25) is 0 Å². The van der Waals surface area contributed by atoms with Crippen LogP contribution in [-0.4, -0.2) is 40.8 Å². The first-order chi connectivity index (χ1) is 12.9. The molecule has 0 aromatic heterocycles. The molecule has 1 heterocycles. The first-order valence-electron chi connectivity index (χ1n) is 7.99. The monoisotopic (exact) mass is 368 g/mol. The summed E-state index contributed by atoms with van der Waals surface area (Å²) < 4.78 is 5.06. The van der Waals surface area contributed by atoms with Gasteiger partial charge in [-0.1, -0.05) is 12.1 Å². The number of benzene rings is 2. The van der Waals surface area contributed by atoms with E-state index in [0.717, 1.165) is 4.90 Å². The van der Waals surface area contributed by atoms with E-state index in [1.807, 2.05) is 0 Å². The van der Waals surface area contributed by atoms with E-state index < -0.39 is 28.4 Å². The van der Waals surface area contributed by atoms with Gasteiger partial charge >= 0.3 is 0 Å². The fraction of sp³-hybridized carbons (Fsp3) is 0.158. The van der Waals surface area contributed by atoms with E-state index in [1.54, 1.807) is 18.2 Å². The third-order valence-corrected chi connectivity index (χ3v) is 4.47. The van der Waals surface area contributed by atoms with Crippen molar-refractivity contribution in [2.75, 3.05) is 14.2 Å². The number of hydrogen-bond acceptors (Lipinski definition) is 6. The van der Waals surface area contributed by atoms with Gasteiger partial charge in [-0.2, -0.15) is 0 Å². The number of likely N-dealkylation sites (tertiary alicyclic amines) is 1. The van der Waals surface area contributed by atoms with E-state index >= 15 is 0 Å². The zero-order chi connectivity index (χ0) is 19.7. The predicted octanol–water partition coefficient (Wildman–Crippen LogP) is 2.65. The van der Waals surface area contributed by atoms with Gasteiger partial charge in [-0.25, -0.2) is 0 Å². The molecule has 1 saturated heterocycles. The van der Waals surface area contributed by atoms with Gasteiger partial charge in [0.1, 0.15) is 11.5 Å². The van der Waals surface area contributed by atoms with Crippen molar-refractivity contribution in [2.45, 2.75) is 6.04 Å². The highest BCUT2D eigenvalue weighted by Crippen LogP contribution is 2.41. The number of aliphatic hydroxyl groups is 1. The Hall–Kier alpha value is -3.68. The van der Waals surface area contributed by atoms with Crippen LogP contribution in [0.5, 0.6) is 5.75 Å². The van der Waals surface area contributed by atoms with Crippen molar-refractivity contribution < 1.29 is 24.4 Å². The summed E-state index contributed by atoms with van der Waals surface area (Å²) in [6, 6.07) is 11.0. The van der Waals surface area contributed by atoms with Crippen molar-refractivity contribution in [3.8, 4) is 5.75 Å². The zero-order valence-corrected chi connectivity index (χ0v) is 14.6. The van der Waals surface area contributed by atoms with E-state index in [2.05, 4.69) is 0 Å². The second kappa shape index (κ2) is 6.91. The Morgan fingerprint density at radius 1 is 1.15 bits per heavy atom. The van der Waals surface area contributed by atoms with Crippen molar-refractivity contribution >= 4 is 23.1 Å². The van der Waals surface area contributed by atoms with E-state index in [-0.39, 0.29) is 16.8 Å². The number of likely N-dealkylation sites (N-methyl/N-ethyl adjacent to an activating group) is 1. The smallest absolute Gasteiger partial charge is 0.295 e. The van der Waals surface area contributed by atoms with Gasteiger partial charge in [0, 0.05) is 18.7 Å². The fourth-order valence-electron chi connectivity index (χ4n) is 3.10. The first-order valence-corrected chi connectivity index (χ1v) is 7.99. The summed E-state index contributed by atoms with van der Waals surface area (Å²) >= 11 is 0. The van der Waals surface area contributed by atoms with Crippen LogP contribution in [0.25, 0.3) is 5.76 Å². The molecule has 0 saturated carbocycles. The minimum absolute atomic E-state index is 0.152. The third-order valence-electron chi connectivity index (χ3n) is 4.47. The number of nitro groups is 1. The summed E-state index contributed by atoms with van der Waals surface area (Å²) in [6.07, 6.45) is 0. The third kappa shape index (κ3) is 3.01. The molecule has 0 bridgehead atoms. The molecule has 3 rings (SSSR count). The molecule has 0 unspecified atom stereocenters. The summed E-state index contributed by atoms with van der Waals surface area (Å²) in [7, 11) is 2.86. The Labute approximate surface area is 154 Å². The van der Waals surface area contributed by atoms with Gasteiger partial charge in [0.05, 0.1) is 29.2 Å². The van der Waals surface area contributed by atoms with Gasteiger partial charge < -0.3 is 14.7 Å². The quantitative estimate of drug-likeness (QED) is 0.292. The number of nitro benzene ring substituents is 1. The van der Waals surface area contributed by atoms with Crippen LogP contribution in [-0.2, 0) is 9.59 Å². The number of Topliss-reactive ketones (excluding diaryl/α,β-unsaturated/α-hetero) is 1. The summed E-state index contributed by atoms with van der Waals surface area (Å²) in [6.45, 7) is 0. The molecule has 1 atom stereocenters. The van der Waals surface area contributed by atoms with Gasteiger partial charge in [0.25, 0.3) is 17.4 Å². The molecule has 8 nitrogen and oxygen atoms in total. The highest BCUT2D eigenvalue weighted by atomic mass is 16.6. The van der Waals surface area contributed by atoms with Crippen LogP contribution in [0, 0.1) is 10.1 Å². The van der Waals surface area contributed by atoms with Crippen molar-refractivity contribution in [2.24, 2.45) is 0 Å². The van der Waals surface area contributed by atoms with Crippen LogP contribution >= 0.6 is 0 Å². The lowest BCUT2D eigenvalue weighted by Crippen LogP contribution is -2.25. The average Bonchev–Trinajstić information content (AvgIpc) is 2.91. The minimum atomic E-state index is -1.06. The van der Waals surface area contributed by atoms with Crippen LogP contribution in [0.4, 0.5) is 5.69 Å². The van der Waals surface area contributed by atoms with Crippen molar-refractivity contribution in [3.05, 3.63) is 75.3 Å². The number of methoxy groups -OCH3 is 1. The van der Waals surface area contributed by atoms with E-state index in [0.29, 0.717) is 11.3 Å². The Balaban J connectivity index is 2.20. The number of amides is 1. The largest absolute Gasteiger partial charge is 0.507 e.